The van der Waals surface area contributed by atoms with Gasteiger partial charge in [0.05, 0.1) is 35.6 Å². The maximum absolute atomic E-state index is 13.6. The van der Waals surface area contributed by atoms with E-state index in [1.807, 2.05) is 54.6 Å². The number of fused-ring (bicyclic) bond motifs is 1. The number of methoxy groups -OCH3 is 1. The molecule has 3 aromatic rings. The van der Waals surface area contributed by atoms with Crippen LogP contribution in [0.1, 0.15) is 31.0 Å². The first-order chi connectivity index (χ1) is 17.0. The van der Waals surface area contributed by atoms with Crippen molar-refractivity contribution in [2.45, 2.75) is 19.9 Å². The van der Waals surface area contributed by atoms with Crippen LogP contribution in [0.2, 0.25) is 0 Å². The van der Waals surface area contributed by atoms with Gasteiger partial charge in [-0.1, -0.05) is 48.3 Å². The van der Waals surface area contributed by atoms with Crippen molar-refractivity contribution in [3.05, 3.63) is 103 Å². The molecule has 0 saturated carbocycles. The maximum Gasteiger partial charge on any atom is 0.338 e. The minimum Gasteiger partial charge on any atom is -0.497 e. The van der Waals surface area contributed by atoms with Crippen molar-refractivity contribution in [3.8, 4) is 11.5 Å². The van der Waals surface area contributed by atoms with Gasteiger partial charge in [0.25, 0.3) is 5.56 Å². The lowest BCUT2D eigenvalue weighted by Crippen LogP contribution is -2.39. The molecule has 8 heteroatoms. The van der Waals surface area contributed by atoms with Crippen LogP contribution in [0.4, 0.5) is 0 Å². The van der Waals surface area contributed by atoms with Crippen molar-refractivity contribution >= 4 is 23.4 Å². The minimum atomic E-state index is -0.670. The van der Waals surface area contributed by atoms with Crippen LogP contribution in [0.25, 0.3) is 6.08 Å². The highest BCUT2D eigenvalue weighted by Gasteiger charge is 2.33. The summed E-state index contributed by atoms with van der Waals surface area (Å²) in [5.74, 6) is 0.910. The molecule has 0 spiro atoms. The Morgan fingerprint density at radius 2 is 1.83 bits per heavy atom. The van der Waals surface area contributed by atoms with Crippen LogP contribution in [0, 0.1) is 0 Å². The van der Waals surface area contributed by atoms with Crippen molar-refractivity contribution in [3.63, 3.8) is 0 Å². The quantitative estimate of drug-likeness (QED) is 0.357. The molecule has 0 fully saturated rings. The molecule has 0 amide bonds. The second-order valence-corrected chi connectivity index (χ2v) is 8.75. The summed E-state index contributed by atoms with van der Waals surface area (Å²) in [6, 6.07) is 14.1. The average molecular weight is 491 g/mol. The zero-order chi connectivity index (χ0) is 24.9. The summed E-state index contributed by atoms with van der Waals surface area (Å²) in [5.41, 5.74) is 2.26. The third kappa shape index (κ3) is 4.97. The fraction of sp³-hybridized carbons (Fsp3) is 0.222. The standard InChI is InChI=1S/C27H26N2O5S/c1-5-15-34-21-13-9-19(10-14-21)24-23(26(31)33-6-2)17(3)28-27-29(24)25(30)22(35-27)16-18-7-11-20(32-4)12-8-18/h5,7-14,16,24H,1,6,15H2,2-4H3/b22-16-/t24-/m0/s1. The minimum absolute atomic E-state index is 0.221. The molecule has 7 nitrogen and oxygen atoms in total. The Kier molecular flexibility index (Phi) is 7.31. The Bertz CT molecular complexity index is 1450. The highest BCUT2D eigenvalue weighted by atomic mass is 32.1. The van der Waals surface area contributed by atoms with Crippen LogP contribution in [0.3, 0.4) is 0 Å². The summed E-state index contributed by atoms with van der Waals surface area (Å²) in [6.45, 7) is 7.78. The topological polar surface area (TPSA) is 79.1 Å². The number of carbonyl (C=O) groups excluding carboxylic acids is 1. The van der Waals surface area contributed by atoms with Crippen molar-refractivity contribution in [2.75, 3.05) is 20.3 Å². The second kappa shape index (κ2) is 10.6. The first-order valence-electron chi connectivity index (χ1n) is 11.1. The number of allylic oxidation sites excluding steroid dienone is 1. The molecule has 1 aliphatic heterocycles. The van der Waals surface area contributed by atoms with Gasteiger partial charge in [0, 0.05) is 0 Å². The lowest BCUT2D eigenvalue weighted by Gasteiger charge is -2.24. The Morgan fingerprint density at radius 1 is 1.14 bits per heavy atom. The van der Waals surface area contributed by atoms with Crippen molar-refractivity contribution in [1.82, 2.24) is 4.57 Å². The van der Waals surface area contributed by atoms with E-state index in [1.54, 1.807) is 31.6 Å². The van der Waals surface area contributed by atoms with Crippen molar-refractivity contribution in [2.24, 2.45) is 4.99 Å². The summed E-state index contributed by atoms with van der Waals surface area (Å²) in [6.07, 6.45) is 3.48. The van der Waals surface area contributed by atoms with Gasteiger partial charge < -0.3 is 14.2 Å². The molecule has 1 atom stereocenters. The molecular weight excluding hydrogens is 464 g/mol. The Morgan fingerprint density at radius 3 is 2.46 bits per heavy atom. The molecule has 1 aromatic heterocycles. The number of ether oxygens (including phenoxy) is 3. The maximum atomic E-state index is 13.6. The second-order valence-electron chi connectivity index (χ2n) is 7.74. The van der Waals surface area contributed by atoms with E-state index in [0.717, 1.165) is 16.9 Å². The van der Waals surface area contributed by atoms with Crippen molar-refractivity contribution < 1.29 is 19.0 Å². The van der Waals surface area contributed by atoms with Gasteiger partial charge in [0.15, 0.2) is 4.80 Å². The smallest absolute Gasteiger partial charge is 0.338 e. The van der Waals surface area contributed by atoms with Gasteiger partial charge in [0.2, 0.25) is 0 Å². The van der Waals surface area contributed by atoms with E-state index >= 15 is 0 Å². The SMILES string of the molecule is C=CCOc1ccc([C@H]2C(C(=O)OCC)=C(C)N=c3s/c(=C\c4ccc(OC)cc4)c(=O)n32)cc1. The number of carbonyl (C=O) groups is 1. The van der Waals surface area contributed by atoms with E-state index in [0.29, 0.717) is 33.0 Å². The van der Waals surface area contributed by atoms with Crippen LogP contribution in [-0.2, 0) is 9.53 Å². The fourth-order valence-electron chi connectivity index (χ4n) is 3.86. The molecule has 0 unspecified atom stereocenters. The van der Waals surface area contributed by atoms with E-state index in [4.69, 9.17) is 14.2 Å². The normalized spacial score (nSPS) is 15.3. The van der Waals surface area contributed by atoms with Gasteiger partial charge in [0.1, 0.15) is 18.1 Å². The molecule has 0 bridgehead atoms. The number of aromatic nitrogens is 1. The summed E-state index contributed by atoms with van der Waals surface area (Å²) < 4.78 is 18.2. The van der Waals surface area contributed by atoms with E-state index in [1.165, 1.54) is 11.3 Å². The summed E-state index contributed by atoms with van der Waals surface area (Å²) >= 11 is 1.29. The van der Waals surface area contributed by atoms with E-state index in [9.17, 15) is 9.59 Å². The van der Waals surface area contributed by atoms with Gasteiger partial charge >= 0.3 is 5.97 Å². The molecule has 35 heavy (non-hydrogen) atoms. The largest absolute Gasteiger partial charge is 0.497 e. The van der Waals surface area contributed by atoms with Crippen LogP contribution in [0.5, 0.6) is 11.5 Å². The zero-order valence-electron chi connectivity index (χ0n) is 19.8. The number of hydrogen-bond donors (Lipinski definition) is 0. The number of esters is 1. The number of rotatable bonds is 8. The first-order valence-corrected chi connectivity index (χ1v) is 12.0. The number of hydrogen-bond acceptors (Lipinski definition) is 7. The number of thiazole rings is 1. The molecule has 2 aromatic carbocycles. The predicted molar refractivity (Wildman–Crippen MR) is 136 cm³/mol. The Labute approximate surface area is 206 Å². The van der Waals surface area contributed by atoms with Crippen LogP contribution < -0.4 is 24.4 Å². The molecule has 0 N–H and O–H groups in total. The molecule has 0 saturated heterocycles. The highest BCUT2D eigenvalue weighted by Crippen LogP contribution is 2.31. The Balaban J connectivity index is 1.86. The van der Waals surface area contributed by atoms with Gasteiger partial charge in [-0.2, -0.15) is 0 Å². The van der Waals surface area contributed by atoms with Crippen LogP contribution >= 0.6 is 11.3 Å². The number of benzene rings is 2. The molecule has 0 radical (unpaired) electrons. The molecule has 1 aliphatic rings. The lowest BCUT2D eigenvalue weighted by atomic mass is 9.96. The summed E-state index contributed by atoms with van der Waals surface area (Å²) in [4.78, 5) is 31.7. The summed E-state index contributed by atoms with van der Waals surface area (Å²) in [5, 5.41) is 0. The third-order valence-electron chi connectivity index (χ3n) is 5.49. The molecular formula is C27H26N2O5S. The van der Waals surface area contributed by atoms with E-state index in [2.05, 4.69) is 11.6 Å². The number of nitrogens with zero attached hydrogens (tertiary/aromatic N) is 2. The van der Waals surface area contributed by atoms with Gasteiger partial charge in [-0.15, -0.1) is 0 Å². The average Bonchev–Trinajstić information content (AvgIpc) is 3.17. The molecule has 0 aliphatic carbocycles. The fourth-order valence-corrected chi connectivity index (χ4v) is 4.91. The zero-order valence-corrected chi connectivity index (χ0v) is 20.6. The van der Waals surface area contributed by atoms with Gasteiger partial charge in [-0.05, 0) is 55.3 Å². The van der Waals surface area contributed by atoms with Crippen LogP contribution in [0.15, 0.2) is 82.2 Å². The molecule has 4 rings (SSSR count). The molecule has 180 valence electrons. The first kappa shape index (κ1) is 24.2. The predicted octanol–water partition coefficient (Wildman–Crippen LogP) is 3.37. The van der Waals surface area contributed by atoms with E-state index < -0.39 is 12.0 Å². The van der Waals surface area contributed by atoms with Crippen LogP contribution in [-0.4, -0.2) is 30.9 Å². The van der Waals surface area contributed by atoms with Gasteiger partial charge in [-0.3, -0.25) is 9.36 Å². The highest BCUT2D eigenvalue weighted by molar-refractivity contribution is 7.07. The van der Waals surface area contributed by atoms with E-state index in [-0.39, 0.29) is 12.2 Å². The summed E-state index contributed by atoms with van der Waals surface area (Å²) in [7, 11) is 1.61. The lowest BCUT2D eigenvalue weighted by molar-refractivity contribution is -0.139. The Hall–Kier alpha value is -3.91. The van der Waals surface area contributed by atoms with Crippen molar-refractivity contribution in [1.29, 1.82) is 0 Å². The third-order valence-corrected chi connectivity index (χ3v) is 6.48. The molecule has 2 heterocycles. The monoisotopic (exact) mass is 490 g/mol. The van der Waals surface area contributed by atoms with Gasteiger partial charge in [-0.25, -0.2) is 9.79 Å².